The molecule has 2 heterocycles. The Hall–Kier alpha value is -3.01. The molecule has 7 rings (SSSR count). The third-order valence-corrected chi connectivity index (χ3v) is 13.3. The van der Waals surface area contributed by atoms with Gasteiger partial charge in [0.15, 0.2) is 10.9 Å². The van der Waals surface area contributed by atoms with Gasteiger partial charge in [0.25, 0.3) is 0 Å². The molecule has 4 aliphatic carbocycles. The molecular weight excluding hydrogens is 585 g/mol. The number of allylic oxidation sites excluding steroid dienone is 2. The van der Waals surface area contributed by atoms with Crippen molar-refractivity contribution in [3.8, 4) is 0 Å². The number of anilines is 1. The van der Waals surface area contributed by atoms with Gasteiger partial charge in [0.05, 0.1) is 5.69 Å². The SMILES string of the molecule is CCC1CC2(C)C(CCC2(O)C(C)(O)Nc2nc3cccnc3s2)C2CCC3=CC(=Nc4ccc(F)cc4)C(C=N)CC3(C)C12. The summed E-state index contributed by atoms with van der Waals surface area (Å²) in [6, 6.07) is 10.0. The molecule has 3 fully saturated rings. The van der Waals surface area contributed by atoms with Gasteiger partial charge < -0.3 is 20.9 Å². The second-order valence-electron chi connectivity index (χ2n) is 14.6. The van der Waals surface area contributed by atoms with Crippen molar-refractivity contribution in [2.75, 3.05) is 5.32 Å². The fourth-order valence-corrected chi connectivity index (χ4v) is 11.3. The number of nitrogens with one attached hydrogen (secondary N) is 2. The highest BCUT2D eigenvalue weighted by Crippen LogP contribution is 2.71. The molecule has 1 aromatic carbocycles. The van der Waals surface area contributed by atoms with Gasteiger partial charge in [0, 0.05) is 29.5 Å². The molecule has 0 amide bonds. The molecule has 9 heteroatoms. The van der Waals surface area contributed by atoms with Gasteiger partial charge in [-0.2, -0.15) is 0 Å². The Balaban J connectivity index is 1.21. The van der Waals surface area contributed by atoms with Gasteiger partial charge >= 0.3 is 0 Å². The molecule has 3 aromatic rings. The highest BCUT2D eigenvalue weighted by molar-refractivity contribution is 7.21. The van der Waals surface area contributed by atoms with E-state index in [0.29, 0.717) is 35.0 Å². The number of hydrogen-bond donors (Lipinski definition) is 4. The Morgan fingerprint density at radius 3 is 2.69 bits per heavy atom. The van der Waals surface area contributed by atoms with Crippen LogP contribution in [0, 0.1) is 51.6 Å². The second-order valence-corrected chi connectivity index (χ2v) is 15.6. The molecule has 9 atom stereocenters. The first-order valence-corrected chi connectivity index (χ1v) is 17.2. The maximum Gasteiger partial charge on any atom is 0.187 e. The third-order valence-electron chi connectivity index (χ3n) is 12.4. The summed E-state index contributed by atoms with van der Waals surface area (Å²) in [6.45, 7) is 8.62. The van der Waals surface area contributed by atoms with Crippen LogP contribution in [0.1, 0.15) is 72.6 Å². The minimum absolute atomic E-state index is 0.0789. The second kappa shape index (κ2) is 10.8. The van der Waals surface area contributed by atoms with E-state index in [1.165, 1.54) is 35.3 Å². The van der Waals surface area contributed by atoms with Crippen molar-refractivity contribution in [1.29, 1.82) is 5.41 Å². The summed E-state index contributed by atoms with van der Waals surface area (Å²) in [4.78, 5) is 14.7. The molecular formula is C36H44FN5O2S. The lowest BCUT2D eigenvalue weighted by Gasteiger charge is -2.63. The summed E-state index contributed by atoms with van der Waals surface area (Å²) < 4.78 is 13.5. The van der Waals surface area contributed by atoms with Crippen molar-refractivity contribution in [3.05, 3.63) is 60.1 Å². The van der Waals surface area contributed by atoms with Gasteiger partial charge in [0.1, 0.15) is 21.8 Å². The molecule has 4 aliphatic rings. The van der Waals surface area contributed by atoms with Gasteiger partial charge in [-0.25, -0.2) is 14.4 Å². The first-order chi connectivity index (χ1) is 21.4. The first kappa shape index (κ1) is 30.6. The zero-order chi connectivity index (χ0) is 31.8. The predicted octanol–water partition coefficient (Wildman–Crippen LogP) is 7.93. The molecule has 4 N–H and O–H groups in total. The fraction of sp³-hybridized carbons (Fsp3) is 0.556. The Bertz CT molecular complexity index is 1650. The summed E-state index contributed by atoms with van der Waals surface area (Å²) in [5, 5.41) is 36.9. The van der Waals surface area contributed by atoms with Gasteiger partial charge in [-0.3, -0.25) is 4.99 Å². The third kappa shape index (κ3) is 4.63. The number of aromatic nitrogens is 2. The monoisotopic (exact) mass is 629 g/mol. The number of aliphatic hydroxyl groups is 2. The van der Waals surface area contributed by atoms with Crippen molar-refractivity contribution in [2.24, 2.45) is 45.4 Å². The van der Waals surface area contributed by atoms with Crippen LogP contribution >= 0.6 is 11.3 Å². The first-order valence-electron chi connectivity index (χ1n) is 16.4. The van der Waals surface area contributed by atoms with E-state index in [4.69, 9.17) is 10.4 Å². The van der Waals surface area contributed by atoms with E-state index >= 15 is 0 Å². The van der Waals surface area contributed by atoms with E-state index in [1.54, 1.807) is 25.3 Å². The molecule has 2 aromatic heterocycles. The van der Waals surface area contributed by atoms with Crippen LogP contribution in [0.15, 0.2) is 59.2 Å². The lowest BCUT2D eigenvalue weighted by molar-refractivity contribution is -0.216. The molecule has 45 heavy (non-hydrogen) atoms. The zero-order valence-corrected chi connectivity index (χ0v) is 27.4. The lowest BCUT2D eigenvalue weighted by Crippen LogP contribution is -2.67. The van der Waals surface area contributed by atoms with Crippen molar-refractivity contribution < 1.29 is 14.6 Å². The van der Waals surface area contributed by atoms with E-state index in [9.17, 15) is 14.6 Å². The summed E-state index contributed by atoms with van der Waals surface area (Å²) in [7, 11) is 0. The minimum Gasteiger partial charge on any atom is -0.384 e. The van der Waals surface area contributed by atoms with E-state index in [1.807, 2.05) is 12.1 Å². The predicted molar refractivity (Wildman–Crippen MR) is 179 cm³/mol. The molecule has 9 unspecified atom stereocenters. The normalized spacial score (nSPS) is 38.2. The number of aliphatic imine (C=N–C) groups is 1. The van der Waals surface area contributed by atoms with Crippen molar-refractivity contribution in [2.45, 2.75) is 84.0 Å². The summed E-state index contributed by atoms with van der Waals surface area (Å²) in [5.74, 6) is 1.07. The lowest BCUT2D eigenvalue weighted by atomic mass is 9.42. The zero-order valence-electron chi connectivity index (χ0n) is 26.6. The number of pyridine rings is 1. The van der Waals surface area contributed by atoms with Crippen LogP contribution in [0.2, 0.25) is 0 Å². The molecule has 0 bridgehead atoms. The molecule has 0 radical (unpaired) electrons. The molecule has 0 aliphatic heterocycles. The summed E-state index contributed by atoms with van der Waals surface area (Å²) in [5.41, 5.74) is 0.296. The maximum atomic E-state index is 13.5. The van der Waals surface area contributed by atoms with E-state index in [2.05, 4.69) is 42.1 Å². The Morgan fingerprint density at radius 2 is 1.98 bits per heavy atom. The number of halogens is 1. The van der Waals surface area contributed by atoms with Crippen LogP contribution in [-0.4, -0.2) is 43.4 Å². The number of fused-ring (bicyclic) bond motifs is 6. The highest BCUT2D eigenvalue weighted by atomic mass is 32.1. The van der Waals surface area contributed by atoms with Crippen LogP contribution in [0.5, 0.6) is 0 Å². The quantitative estimate of drug-likeness (QED) is 0.163. The molecule has 7 nitrogen and oxygen atoms in total. The van der Waals surface area contributed by atoms with Crippen molar-refractivity contribution in [3.63, 3.8) is 0 Å². The van der Waals surface area contributed by atoms with Gasteiger partial charge in [-0.15, -0.1) is 0 Å². The standard InChI is InChI=1S/C36H44FN5O2S/c1-5-21-19-34(3)27(14-15-36(34,44)35(4,43)42-32-41-28-7-6-16-39-31(28)45-32)26-13-8-23-17-29(40-25-11-9-24(37)10-12-25)22(20-38)18-33(23,2)30(21)26/h6-7,9-12,16-17,20-22,26-27,30,38,43-44H,5,8,13-15,18-19H2,1-4H3,(H,41,42). The Kier molecular flexibility index (Phi) is 7.34. The Labute approximate surface area is 268 Å². The van der Waals surface area contributed by atoms with Crippen LogP contribution in [0.3, 0.4) is 0 Å². The average Bonchev–Trinajstić information content (AvgIpc) is 3.54. The molecule has 238 valence electrons. The molecule has 0 saturated heterocycles. The van der Waals surface area contributed by atoms with Gasteiger partial charge in [-0.05, 0) is 117 Å². The molecule has 0 spiro atoms. The smallest absolute Gasteiger partial charge is 0.187 e. The van der Waals surface area contributed by atoms with Gasteiger partial charge in [0.2, 0.25) is 0 Å². The van der Waals surface area contributed by atoms with E-state index in [0.717, 1.165) is 54.6 Å². The number of rotatable bonds is 6. The van der Waals surface area contributed by atoms with E-state index in [-0.39, 0.29) is 23.1 Å². The Morgan fingerprint density at radius 1 is 1.20 bits per heavy atom. The van der Waals surface area contributed by atoms with Crippen LogP contribution in [0.25, 0.3) is 10.3 Å². The van der Waals surface area contributed by atoms with E-state index < -0.39 is 16.7 Å². The van der Waals surface area contributed by atoms with Crippen LogP contribution in [0.4, 0.5) is 15.2 Å². The number of benzene rings is 1. The van der Waals surface area contributed by atoms with Crippen molar-refractivity contribution >= 4 is 44.4 Å². The van der Waals surface area contributed by atoms with Gasteiger partial charge in [-0.1, -0.05) is 44.1 Å². The molecule has 3 saturated carbocycles. The average molecular weight is 630 g/mol. The number of thiazole rings is 1. The topological polar surface area (TPSA) is 114 Å². The minimum atomic E-state index is -1.58. The maximum absolute atomic E-state index is 13.5. The summed E-state index contributed by atoms with van der Waals surface area (Å²) in [6.07, 6.45) is 11.6. The van der Waals surface area contributed by atoms with Crippen LogP contribution in [-0.2, 0) is 0 Å². The summed E-state index contributed by atoms with van der Waals surface area (Å²) >= 11 is 1.39. The highest BCUT2D eigenvalue weighted by Gasteiger charge is 2.70. The largest absolute Gasteiger partial charge is 0.384 e. The fourth-order valence-electron chi connectivity index (χ4n) is 10.4. The van der Waals surface area contributed by atoms with Crippen molar-refractivity contribution in [1.82, 2.24) is 9.97 Å². The number of hydrogen-bond acceptors (Lipinski definition) is 8. The van der Waals surface area contributed by atoms with Crippen LogP contribution < -0.4 is 5.32 Å². The number of nitrogens with zero attached hydrogens (tertiary/aromatic N) is 3.